The largest absolute Gasteiger partial charge is 0.437 e. The number of nitrogens with two attached hydrogens (primary N) is 1. The van der Waals surface area contributed by atoms with Crippen LogP contribution in [-0.2, 0) is 0 Å². The van der Waals surface area contributed by atoms with Crippen LogP contribution in [-0.4, -0.2) is 15.8 Å². The first-order valence-corrected chi connectivity index (χ1v) is 4.64. The fraction of sp³-hybridized carbons (Fsp3) is 0. The Balaban J connectivity index is 2.14. The molecular formula is C11H10N4O. The summed E-state index contributed by atoms with van der Waals surface area (Å²) >= 11 is 0. The molecule has 2 aromatic rings. The van der Waals surface area contributed by atoms with Crippen molar-refractivity contribution in [1.82, 2.24) is 9.97 Å². The predicted molar refractivity (Wildman–Crippen MR) is 59.6 cm³/mol. The first-order valence-electron chi connectivity index (χ1n) is 4.64. The fourth-order valence-corrected chi connectivity index (χ4v) is 1.13. The van der Waals surface area contributed by atoms with Crippen molar-refractivity contribution in [3.05, 3.63) is 48.4 Å². The van der Waals surface area contributed by atoms with Crippen molar-refractivity contribution in [3.8, 4) is 11.6 Å². The van der Waals surface area contributed by atoms with Crippen LogP contribution in [0.1, 0.15) is 5.56 Å². The van der Waals surface area contributed by atoms with Gasteiger partial charge in [-0.15, -0.1) is 0 Å². The number of nitrogens with zero attached hydrogens (tertiary/aromatic N) is 2. The molecular weight excluding hydrogens is 204 g/mol. The van der Waals surface area contributed by atoms with E-state index in [2.05, 4.69) is 9.97 Å². The second-order valence-corrected chi connectivity index (χ2v) is 3.09. The minimum atomic E-state index is -0.0135. The molecule has 0 atom stereocenters. The van der Waals surface area contributed by atoms with Crippen molar-refractivity contribution >= 4 is 5.84 Å². The van der Waals surface area contributed by atoms with E-state index in [-0.39, 0.29) is 5.84 Å². The maximum Gasteiger partial charge on any atom is 0.219 e. The Hall–Kier alpha value is -2.43. The minimum Gasteiger partial charge on any atom is -0.437 e. The van der Waals surface area contributed by atoms with Crippen LogP contribution >= 0.6 is 0 Å². The molecule has 5 heteroatoms. The van der Waals surface area contributed by atoms with E-state index in [4.69, 9.17) is 15.9 Å². The third kappa shape index (κ3) is 2.33. The maximum absolute atomic E-state index is 7.21. The summed E-state index contributed by atoms with van der Waals surface area (Å²) in [5, 5.41) is 7.21. The quantitative estimate of drug-likeness (QED) is 0.599. The standard InChI is InChI=1S/C11H10N4O/c12-11(13)8-3-4-10(15-6-8)16-9-2-1-5-14-7-9/h1-7H,(H3,12,13). The number of nitrogens with one attached hydrogen (secondary N) is 1. The molecule has 16 heavy (non-hydrogen) atoms. The molecule has 5 nitrogen and oxygen atoms in total. The van der Waals surface area contributed by atoms with E-state index < -0.39 is 0 Å². The van der Waals surface area contributed by atoms with Gasteiger partial charge < -0.3 is 10.5 Å². The van der Waals surface area contributed by atoms with Gasteiger partial charge in [0.2, 0.25) is 5.88 Å². The van der Waals surface area contributed by atoms with Gasteiger partial charge in [0.05, 0.1) is 6.20 Å². The van der Waals surface area contributed by atoms with Crippen molar-refractivity contribution in [2.24, 2.45) is 5.73 Å². The van der Waals surface area contributed by atoms with Crippen molar-refractivity contribution in [3.63, 3.8) is 0 Å². The predicted octanol–water partition coefficient (Wildman–Crippen LogP) is 1.55. The first kappa shape index (κ1) is 10.1. The van der Waals surface area contributed by atoms with Crippen LogP contribution < -0.4 is 10.5 Å². The second kappa shape index (κ2) is 4.39. The number of nitrogen functional groups attached to an aromatic ring is 1. The Morgan fingerprint density at radius 2 is 2.12 bits per heavy atom. The van der Waals surface area contributed by atoms with Gasteiger partial charge >= 0.3 is 0 Å². The summed E-state index contributed by atoms with van der Waals surface area (Å²) in [5.74, 6) is 1.05. The normalized spacial score (nSPS) is 9.75. The number of hydrogen-bond donors (Lipinski definition) is 2. The summed E-state index contributed by atoms with van der Waals surface area (Å²) in [4.78, 5) is 7.94. The maximum atomic E-state index is 7.21. The summed E-state index contributed by atoms with van der Waals surface area (Å²) in [7, 11) is 0. The number of pyridine rings is 2. The van der Waals surface area contributed by atoms with Crippen LogP contribution in [0, 0.1) is 5.41 Å². The van der Waals surface area contributed by atoms with E-state index in [0.29, 0.717) is 17.2 Å². The molecule has 0 aromatic carbocycles. The fourth-order valence-electron chi connectivity index (χ4n) is 1.13. The highest BCUT2D eigenvalue weighted by atomic mass is 16.5. The molecule has 0 bridgehead atoms. The zero-order valence-electron chi connectivity index (χ0n) is 8.42. The van der Waals surface area contributed by atoms with Crippen LogP contribution in [0.4, 0.5) is 0 Å². The third-order valence-corrected chi connectivity index (χ3v) is 1.90. The SMILES string of the molecule is N=C(N)c1ccc(Oc2cccnc2)nc1. The molecule has 0 radical (unpaired) electrons. The lowest BCUT2D eigenvalue weighted by Gasteiger charge is -2.04. The van der Waals surface area contributed by atoms with Crippen LogP contribution in [0.5, 0.6) is 11.6 Å². The summed E-state index contributed by atoms with van der Waals surface area (Å²) in [6, 6.07) is 6.90. The van der Waals surface area contributed by atoms with Gasteiger partial charge in [0.1, 0.15) is 11.6 Å². The van der Waals surface area contributed by atoms with Crippen molar-refractivity contribution in [2.75, 3.05) is 0 Å². The molecule has 0 fully saturated rings. The second-order valence-electron chi connectivity index (χ2n) is 3.09. The molecule has 0 amide bonds. The molecule has 0 aliphatic carbocycles. The smallest absolute Gasteiger partial charge is 0.219 e. The average Bonchev–Trinajstić information content (AvgIpc) is 2.31. The Morgan fingerprint density at radius 1 is 1.25 bits per heavy atom. The van der Waals surface area contributed by atoms with Gasteiger partial charge in [-0.25, -0.2) is 4.98 Å². The Kier molecular flexibility index (Phi) is 2.77. The van der Waals surface area contributed by atoms with E-state index >= 15 is 0 Å². The van der Waals surface area contributed by atoms with Gasteiger partial charge in [-0.1, -0.05) is 0 Å². The van der Waals surface area contributed by atoms with Crippen molar-refractivity contribution < 1.29 is 4.74 Å². The molecule has 80 valence electrons. The summed E-state index contributed by atoms with van der Waals surface area (Å²) in [6.45, 7) is 0. The Labute approximate surface area is 92.4 Å². The first-order chi connectivity index (χ1) is 7.75. The Morgan fingerprint density at radius 3 is 2.69 bits per heavy atom. The van der Waals surface area contributed by atoms with Gasteiger partial charge in [-0.2, -0.15) is 0 Å². The van der Waals surface area contributed by atoms with Crippen LogP contribution in [0.3, 0.4) is 0 Å². The summed E-state index contributed by atoms with van der Waals surface area (Å²) < 4.78 is 5.43. The monoisotopic (exact) mass is 214 g/mol. The summed E-state index contributed by atoms with van der Waals surface area (Å²) in [6.07, 6.45) is 4.76. The van der Waals surface area contributed by atoms with Crippen molar-refractivity contribution in [2.45, 2.75) is 0 Å². The van der Waals surface area contributed by atoms with Gasteiger partial charge in [0.15, 0.2) is 0 Å². The molecule has 0 aliphatic rings. The number of amidine groups is 1. The average molecular weight is 214 g/mol. The highest BCUT2D eigenvalue weighted by Crippen LogP contribution is 2.17. The molecule has 0 saturated heterocycles. The molecule has 0 unspecified atom stereocenters. The topological polar surface area (TPSA) is 84.9 Å². The van der Waals surface area contributed by atoms with Gasteiger partial charge in [-0.05, 0) is 18.2 Å². The molecule has 2 aromatic heterocycles. The summed E-state index contributed by atoms with van der Waals surface area (Å²) in [5.41, 5.74) is 5.88. The number of rotatable bonds is 3. The molecule has 3 N–H and O–H groups in total. The lowest BCUT2D eigenvalue weighted by atomic mass is 10.3. The highest BCUT2D eigenvalue weighted by molar-refractivity contribution is 5.94. The van der Waals surface area contributed by atoms with E-state index in [1.807, 2.05) is 0 Å². The lowest BCUT2D eigenvalue weighted by molar-refractivity contribution is 0.461. The van der Waals surface area contributed by atoms with Crippen molar-refractivity contribution in [1.29, 1.82) is 5.41 Å². The lowest BCUT2D eigenvalue weighted by Crippen LogP contribution is -2.11. The third-order valence-electron chi connectivity index (χ3n) is 1.90. The zero-order chi connectivity index (χ0) is 11.4. The van der Waals surface area contributed by atoms with Gasteiger partial charge in [0, 0.05) is 24.0 Å². The van der Waals surface area contributed by atoms with Gasteiger partial charge in [0.25, 0.3) is 0 Å². The molecule has 0 spiro atoms. The van der Waals surface area contributed by atoms with E-state index in [0.717, 1.165) is 0 Å². The minimum absolute atomic E-state index is 0.0135. The highest BCUT2D eigenvalue weighted by Gasteiger charge is 2.00. The molecule has 2 heterocycles. The van der Waals surface area contributed by atoms with Crippen LogP contribution in [0.15, 0.2) is 42.9 Å². The molecule has 2 rings (SSSR count). The number of ether oxygens (including phenoxy) is 1. The zero-order valence-corrected chi connectivity index (χ0v) is 8.42. The van der Waals surface area contributed by atoms with Gasteiger partial charge in [-0.3, -0.25) is 10.4 Å². The molecule has 0 aliphatic heterocycles. The Bertz CT molecular complexity index is 481. The molecule has 0 saturated carbocycles. The number of aromatic nitrogens is 2. The number of hydrogen-bond acceptors (Lipinski definition) is 4. The van der Waals surface area contributed by atoms with Crippen LogP contribution in [0.25, 0.3) is 0 Å². The van der Waals surface area contributed by atoms with Crippen LogP contribution in [0.2, 0.25) is 0 Å². The van der Waals surface area contributed by atoms with E-state index in [1.54, 1.807) is 36.7 Å². The van der Waals surface area contributed by atoms with E-state index in [9.17, 15) is 0 Å². The van der Waals surface area contributed by atoms with E-state index in [1.165, 1.54) is 6.20 Å².